The largest absolute Gasteiger partial charge is 0.396 e. The summed E-state index contributed by atoms with van der Waals surface area (Å²) in [5.74, 6) is 0.216. The van der Waals surface area contributed by atoms with Crippen molar-refractivity contribution in [3.8, 4) is 0 Å². The average Bonchev–Trinajstić information content (AvgIpc) is 3.10. The molecule has 3 rings (SSSR count). The van der Waals surface area contributed by atoms with Crippen LogP contribution >= 0.6 is 0 Å². The van der Waals surface area contributed by atoms with Gasteiger partial charge in [0.15, 0.2) is 0 Å². The van der Waals surface area contributed by atoms with Crippen LogP contribution in [0.2, 0.25) is 0 Å². The van der Waals surface area contributed by atoms with Crippen LogP contribution in [0.25, 0.3) is 10.9 Å². The van der Waals surface area contributed by atoms with Crippen LogP contribution in [-0.4, -0.2) is 40.1 Å². The zero-order valence-corrected chi connectivity index (χ0v) is 13.1. The van der Waals surface area contributed by atoms with E-state index in [1.54, 1.807) is 0 Å². The van der Waals surface area contributed by atoms with E-state index < -0.39 is 0 Å². The number of H-pyrrole nitrogens is 1. The van der Waals surface area contributed by atoms with Gasteiger partial charge in [-0.25, -0.2) is 0 Å². The van der Waals surface area contributed by atoms with Crippen LogP contribution in [0.3, 0.4) is 0 Å². The highest BCUT2D eigenvalue weighted by molar-refractivity contribution is 5.90. The number of amides is 1. The van der Waals surface area contributed by atoms with E-state index in [-0.39, 0.29) is 12.5 Å². The van der Waals surface area contributed by atoms with E-state index in [0.29, 0.717) is 12.5 Å². The number of nitrogens with zero attached hydrogens (tertiary/aromatic N) is 1. The summed E-state index contributed by atoms with van der Waals surface area (Å²) in [6.07, 6.45) is 4.30. The number of rotatable bonds is 5. The molecule has 2 aromatic rings. The molecule has 1 aromatic carbocycles. The number of para-hydroxylation sites is 1. The van der Waals surface area contributed by atoms with Crippen LogP contribution in [0, 0.1) is 6.92 Å². The molecule has 1 aliphatic heterocycles. The first-order valence-corrected chi connectivity index (χ1v) is 8.17. The van der Waals surface area contributed by atoms with E-state index in [1.165, 1.54) is 0 Å². The minimum Gasteiger partial charge on any atom is -0.396 e. The Morgan fingerprint density at radius 1 is 1.41 bits per heavy atom. The van der Waals surface area contributed by atoms with Gasteiger partial charge in [-0.1, -0.05) is 18.2 Å². The van der Waals surface area contributed by atoms with Gasteiger partial charge in [-0.3, -0.25) is 4.79 Å². The molecule has 1 unspecified atom stereocenters. The summed E-state index contributed by atoms with van der Waals surface area (Å²) in [5, 5.41) is 10.2. The van der Waals surface area contributed by atoms with E-state index in [1.807, 2.05) is 24.0 Å². The normalized spacial score (nSPS) is 18.3. The fourth-order valence-corrected chi connectivity index (χ4v) is 3.61. The number of hydrogen-bond donors (Lipinski definition) is 2. The molecule has 118 valence electrons. The molecule has 0 saturated carbocycles. The number of aryl methyl sites for hydroxylation is 1. The van der Waals surface area contributed by atoms with Crippen molar-refractivity contribution in [3.05, 3.63) is 35.5 Å². The zero-order chi connectivity index (χ0) is 15.5. The lowest BCUT2D eigenvalue weighted by molar-refractivity contribution is -0.131. The zero-order valence-electron chi connectivity index (χ0n) is 13.1. The Kier molecular flexibility index (Phi) is 4.48. The van der Waals surface area contributed by atoms with Crippen molar-refractivity contribution in [2.24, 2.45) is 0 Å². The first kappa shape index (κ1) is 15.1. The molecule has 0 bridgehead atoms. The molecule has 4 nitrogen and oxygen atoms in total. The van der Waals surface area contributed by atoms with E-state index in [9.17, 15) is 4.79 Å². The number of fused-ring (bicyclic) bond motifs is 1. The van der Waals surface area contributed by atoms with E-state index >= 15 is 0 Å². The molecular formula is C18H24N2O2. The SMILES string of the molecule is Cc1[nH]c2ccccc2c1CC(=O)N1CCCC1CCCO. The number of aromatic nitrogens is 1. The lowest BCUT2D eigenvalue weighted by Gasteiger charge is -2.24. The van der Waals surface area contributed by atoms with Crippen molar-refractivity contribution in [1.29, 1.82) is 0 Å². The van der Waals surface area contributed by atoms with E-state index in [0.717, 1.165) is 54.4 Å². The molecular weight excluding hydrogens is 276 g/mol. The smallest absolute Gasteiger partial charge is 0.227 e. The minimum atomic E-state index is 0.208. The third-order valence-corrected chi connectivity index (χ3v) is 4.75. The standard InChI is InChI=1S/C18H24N2O2/c1-13-16(15-8-2-3-9-17(15)19-13)12-18(22)20-10-4-6-14(20)7-5-11-21/h2-3,8-9,14,19,21H,4-7,10-12H2,1H3. The van der Waals surface area contributed by atoms with Gasteiger partial charge in [-0.05, 0) is 44.2 Å². The predicted octanol–water partition coefficient (Wildman–Crippen LogP) is 2.78. The van der Waals surface area contributed by atoms with E-state index in [2.05, 4.69) is 17.1 Å². The molecule has 1 amide bonds. The van der Waals surface area contributed by atoms with Crippen molar-refractivity contribution < 1.29 is 9.90 Å². The summed E-state index contributed by atoms with van der Waals surface area (Å²) in [6.45, 7) is 3.10. The maximum absolute atomic E-state index is 12.7. The monoisotopic (exact) mass is 300 g/mol. The molecule has 1 saturated heterocycles. The number of carbonyl (C=O) groups excluding carboxylic acids is 1. The predicted molar refractivity (Wildman–Crippen MR) is 87.8 cm³/mol. The minimum absolute atomic E-state index is 0.208. The highest BCUT2D eigenvalue weighted by Crippen LogP contribution is 2.26. The van der Waals surface area contributed by atoms with Crippen LogP contribution in [0.4, 0.5) is 0 Å². The second-order valence-electron chi connectivity index (χ2n) is 6.20. The molecule has 22 heavy (non-hydrogen) atoms. The molecule has 0 aliphatic carbocycles. The lowest BCUT2D eigenvalue weighted by atomic mass is 10.1. The topological polar surface area (TPSA) is 56.3 Å². The number of nitrogens with one attached hydrogen (secondary N) is 1. The summed E-state index contributed by atoms with van der Waals surface area (Å²) in [4.78, 5) is 18.1. The van der Waals surface area contributed by atoms with Gasteiger partial charge in [0, 0.05) is 35.8 Å². The number of aliphatic hydroxyl groups excluding tert-OH is 1. The van der Waals surface area contributed by atoms with Crippen molar-refractivity contribution in [2.45, 2.75) is 45.1 Å². The number of hydrogen-bond acceptors (Lipinski definition) is 2. The molecule has 0 spiro atoms. The van der Waals surface area contributed by atoms with Gasteiger partial charge < -0.3 is 15.0 Å². The molecule has 1 aromatic heterocycles. The number of aromatic amines is 1. The van der Waals surface area contributed by atoms with Crippen molar-refractivity contribution in [2.75, 3.05) is 13.2 Å². The molecule has 2 heterocycles. The van der Waals surface area contributed by atoms with Gasteiger partial charge in [0.05, 0.1) is 6.42 Å². The third kappa shape index (κ3) is 2.88. The maximum Gasteiger partial charge on any atom is 0.227 e. The number of likely N-dealkylation sites (tertiary alicyclic amines) is 1. The molecule has 1 fully saturated rings. The second kappa shape index (κ2) is 6.53. The quantitative estimate of drug-likeness (QED) is 0.892. The Bertz CT molecular complexity index is 662. The molecule has 4 heteroatoms. The summed E-state index contributed by atoms with van der Waals surface area (Å²) >= 11 is 0. The van der Waals surface area contributed by atoms with Crippen LogP contribution in [-0.2, 0) is 11.2 Å². The van der Waals surface area contributed by atoms with Crippen LogP contribution in [0.5, 0.6) is 0 Å². The summed E-state index contributed by atoms with van der Waals surface area (Å²) < 4.78 is 0. The van der Waals surface area contributed by atoms with Crippen LogP contribution in [0.1, 0.15) is 36.9 Å². The number of carbonyl (C=O) groups is 1. The van der Waals surface area contributed by atoms with Gasteiger partial charge in [-0.15, -0.1) is 0 Å². The van der Waals surface area contributed by atoms with Gasteiger partial charge in [-0.2, -0.15) is 0 Å². The second-order valence-corrected chi connectivity index (χ2v) is 6.20. The highest BCUT2D eigenvalue weighted by atomic mass is 16.3. The van der Waals surface area contributed by atoms with Crippen molar-refractivity contribution in [1.82, 2.24) is 9.88 Å². The van der Waals surface area contributed by atoms with Gasteiger partial charge in [0.25, 0.3) is 0 Å². The molecule has 0 radical (unpaired) electrons. The number of benzene rings is 1. The molecule has 1 atom stereocenters. The van der Waals surface area contributed by atoms with Gasteiger partial charge >= 0.3 is 0 Å². The van der Waals surface area contributed by atoms with Gasteiger partial charge in [0.1, 0.15) is 0 Å². The Balaban J connectivity index is 1.76. The maximum atomic E-state index is 12.7. The van der Waals surface area contributed by atoms with Crippen LogP contribution in [0.15, 0.2) is 24.3 Å². The lowest BCUT2D eigenvalue weighted by Crippen LogP contribution is -2.36. The Labute approximate surface area is 131 Å². The Morgan fingerprint density at radius 3 is 3.05 bits per heavy atom. The molecule has 2 N–H and O–H groups in total. The fraction of sp³-hybridized carbons (Fsp3) is 0.500. The Morgan fingerprint density at radius 2 is 2.23 bits per heavy atom. The van der Waals surface area contributed by atoms with E-state index in [4.69, 9.17) is 5.11 Å². The molecule has 1 aliphatic rings. The fourth-order valence-electron chi connectivity index (χ4n) is 3.61. The van der Waals surface area contributed by atoms with Crippen molar-refractivity contribution >= 4 is 16.8 Å². The van der Waals surface area contributed by atoms with Crippen molar-refractivity contribution in [3.63, 3.8) is 0 Å². The average molecular weight is 300 g/mol. The third-order valence-electron chi connectivity index (χ3n) is 4.75. The first-order valence-electron chi connectivity index (χ1n) is 8.17. The number of aliphatic hydroxyl groups is 1. The van der Waals surface area contributed by atoms with Crippen LogP contribution < -0.4 is 0 Å². The summed E-state index contributed by atoms with van der Waals surface area (Å²) in [6, 6.07) is 8.47. The Hall–Kier alpha value is -1.81. The first-order chi connectivity index (χ1) is 10.7. The summed E-state index contributed by atoms with van der Waals surface area (Å²) in [7, 11) is 0. The summed E-state index contributed by atoms with van der Waals surface area (Å²) in [5.41, 5.74) is 3.30. The highest BCUT2D eigenvalue weighted by Gasteiger charge is 2.28. The van der Waals surface area contributed by atoms with Gasteiger partial charge in [0.2, 0.25) is 5.91 Å².